The minimum Gasteiger partial charge on any atom is -0.366 e. The predicted molar refractivity (Wildman–Crippen MR) is 124 cm³/mol. The van der Waals surface area contributed by atoms with Gasteiger partial charge in [0, 0.05) is 45.7 Å². The Kier molecular flexibility index (Phi) is 5.97. The molecular formula is C23H23N5O3S. The van der Waals surface area contributed by atoms with E-state index >= 15 is 0 Å². The van der Waals surface area contributed by atoms with Crippen LogP contribution in [-0.2, 0) is 11.3 Å². The Morgan fingerprint density at radius 1 is 1.09 bits per heavy atom. The van der Waals surface area contributed by atoms with Crippen LogP contribution in [0.25, 0.3) is 10.9 Å². The third kappa shape index (κ3) is 3.85. The predicted octanol–water partition coefficient (Wildman–Crippen LogP) is 1.99. The van der Waals surface area contributed by atoms with Crippen molar-refractivity contribution in [3.63, 3.8) is 0 Å². The van der Waals surface area contributed by atoms with Crippen LogP contribution in [0.5, 0.6) is 0 Å². The third-order valence-corrected chi connectivity index (χ3v) is 6.52. The molecule has 1 aliphatic rings. The molecule has 3 aromatic rings. The van der Waals surface area contributed by atoms with Crippen LogP contribution >= 0.6 is 11.3 Å². The van der Waals surface area contributed by atoms with Crippen LogP contribution in [0.3, 0.4) is 0 Å². The van der Waals surface area contributed by atoms with Crippen molar-refractivity contribution in [2.75, 3.05) is 45.2 Å². The number of benzene rings is 1. The largest absolute Gasteiger partial charge is 0.366 e. The van der Waals surface area contributed by atoms with Gasteiger partial charge in [0.2, 0.25) is 5.91 Å². The second kappa shape index (κ2) is 8.85. The Morgan fingerprint density at radius 2 is 1.81 bits per heavy atom. The minimum absolute atomic E-state index is 0.00244. The van der Waals surface area contributed by atoms with E-state index in [1.807, 2.05) is 40.6 Å². The van der Waals surface area contributed by atoms with Gasteiger partial charge in [-0.3, -0.25) is 19.0 Å². The first-order valence-electron chi connectivity index (χ1n) is 10.3. The number of nitriles is 1. The smallest absolute Gasteiger partial charge is 0.271 e. The molecule has 0 atom stereocenters. The van der Waals surface area contributed by atoms with Crippen molar-refractivity contribution in [1.82, 2.24) is 14.4 Å². The molecule has 0 N–H and O–H groups in total. The molecule has 0 saturated carbocycles. The Balaban J connectivity index is 1.71. The normalized spacial score (nSPS) is 13.8. The summed E-state index contributed by atoms with van der Waals surface area (Å²) in [6, 6.07) is 13.1. The lowest BCUT2D eigenvalue weighted by molar-refractivity contribution is -0.129. The van der Waals surface area contributed by atoms with Gasteiger partial charge < -0.3 is 14.7 Å². The van der Waals surface area contributed by atoms with Gasteiger partial charge >= 0.3 is 0 Å². The van der Waals surface area contributed by atoms with Crippen molar-refractivity contribution in [3.05, 3.63) is 62.6 Å². The summed E-state index contributed by atoms with van der Waals surface area (Å²) in [7, 11) is 3.26. The van der Waals surface area contributed by atoms with E-state index in [2.05, 4.69) is 6.07 Å². The summed E-state index contributed by atoms with van der Waals surface area (Å²) >= 11 is 1.42. The van der Waals surface area contributed by atoms with Crippen LogP contribution in [-0.4, -0.2) is 66.5 Å². The van der Waals surface area contributed by atoms with E-state index in [4.69, 9.17) is 0 Å². The molecule has 0 bridgehead atoms. The standard InChI is InChI=1S/C23H23N5O3S/c1-25(2)20(29)15-28-18-7-4-3-6-16(18)21(17(14-24)22(28)30)26-9-11-27(12-10-26)23(31)19-8-5-13-32-19/h3-8,13H,9-12,15H2,1-2H3. The number of piperazine rings is 1. The van der Waals surface area contributed by atoms with Crippen molar-refractivity contribution in [1.29, 1.82) is 5.26 Å². The summed E-state index contributed by atoms with van der Waals surface area (Å²) < 4.78 is 1.37. The SMILES string of the molecule is CN(C)C(=O)Cn1c(=O)c(C#N)c(N2CCN(C(=O)c3cccs3)CC2)c2ccccc21. The molecule has 4 rings (SSSR count). The van der Waals surface area contributed by atoms with Gasteiger partial charge in [-0.05, 0) is 17.5 Å². The number of hydrogen-bond donors (Lipinski definition) is 0. The summed E-state index contributed by atoms with van der Waals surface area (Å²) in [5.74, 6) is -0.225. The maximum atomic E-state index is 13.2. The summed E-state index contributed by atoms with van der Waals surface area (Å²) in [4.78, 5) is 44.2. The van der Waals surface area contributed by atoms with Crippen molar-refractivity contribution >= 4 is 39.7 Å². The molecule has 164 valence electrons. The molecule has 0 spiro atoms. The maximum absolute atomic E-state index is 13.2. The topological polar surface area (TPSA) is 89.6 Å². The number of nitrogens with zero attached hydrogens (tertiary/aromatic N) is 5. The number of carbonyl (C=O) groups excluding carboxylic acids is 2. The molecule has 8 nitrogen and oxygen atoms in total. The van der Waals surface area contributed by atoms with Gasteiger partial charge in [0.1, 0.15) is 18.2 Å². The molecule has 1 aromatic carbocycles. The fourth-order valence-corrected chi connectivity index (χ4v) is 4.63. The zero-order valence-corrected chi connectivity index (χ0v) is 18.8. The van der Waals surface area contributed by atoms with Crippen LogP contribution < -0.4 is 10.5 Å². The summed E-state index contributed by atoms with van der Waals surface area (Å²) in [5.41, 5.74) is 0.727. The molecule has 2 aromatic heterocycles. The number of para-hydroxylation sites is 1. The van der Waals surface area contributed by atoms with Crippen LogP contribution in [0.4, 0.5) is 5.69 Å². The molecule has 3 heterocycles. The molecule has 0 aliphatic carbocycles. The Morgan fingerprint density at radius 3 is 2.44 bits per heavy atom. The van der Waals surface area contributed by atoms with Crippen LogP contribution in [0.15, 0.2) is 46.6 Å². The quantitative estimate of drug-likeness (QED) is 0.608. The highest BCUT2D eigenvalue weighted by atomic mass is 32.1. The lowest BCUT2D eigenvalue weighted by Crippen LogP contribution is -2.49. The number of anilines is 1. The molecule has 0 unspecified atom stereocenters. The van der Waals surface area contributed by atoms with E-state index in [0.717, 1.165) is 5.39 Å². The zero-order valence-electron chi connectivity index (χ0n) is 17.9. The average molecular weight is 450 g/mol. The Bertz CT molecular complexity index is 1270. The molecule has 2 amide bonds. The molecule has 1 aliphatic heterocycles. The number of carbonyl (C=O) groups is 2. The Hall–Kier alpha value is -3.64. The first-order chi connectivity index (χ1) is 15.4. The van der Waals surface area contributed by atoms with Crippen molar-refractivity contribution in [2.24, 2.45) is 0 Å². The lowest BCUT2D eigenvalue weighted by atomic mass is 10.1. The second-order valence-electron chi connectivity index (χ2n) is 7.79. The summed E-state index contributed by atoms with van der Waals surface area (Å²) in [5, 5.41) is 12.5. The summed E-state index contributed by atoms with van der Waals surface area (Å²) in [6.07, 6.45) is 0. The number of rotatable bonds is 4. The fraction of sp³-hybridized carbons (Fsp3) is 0.304. The number of thiophene rings is 1. The highest BCUT2D eigenvalue weighted by Gasteiger charge is 2.27. The maximum Gasteiger partial charge on any atom is 0.271 e. The third-order valence-electron chi connectivity index (χ3n) is 5.66. The molecule has 9 heteroatoms. The van der Waals surface area contributed by atoms with Gasteiger partial charge in [0.15, 0.2) is 0 Å². The molecule has 0 radical (unpaired) electrons. The minimum atomic E-state index is -0.478. The first-order valence-corrected chi connectivity index (χ1v) is 11.1. The van der Waals surface area contributed by atoms with E-state index in [1.54, 1.807) is 25.1 Å². The van der Waals surface area contributed by atoms with Gasteiger partial charge in [-0.2, -0.15) is 5.26 Å². The van der Waals surface area contributed by atoms with Gasteiger partial charge in [0.25, 0.3) is 11.5 Å². The van der Waals surface area contributed by atoms with E-state index in [-0.39, 0.29) is 23.9 Å². The van der Waals surface area contributed by atoms with Gasteiger partial charge in [-0.15, -0.1) is 11.3 Å². The van der Waals surface area contributed by atoms with Crippen molar-refractivity contribution < 1.29 is 9.59 Å². The van der Waals surface area contributed by atoms with Crippen molar-refractivity contribution in [3.8, 4) is 6.07 Å². The van der Waals surface area contributed by atoms with Gasteiger partial charge in [0.05, 0.1) is 16.1 Å². The number of likely N-dealkylation sites (N-methyl/N-ethyl adjacent to an activating group) is 1. The van der Waals surface area contributed by atoms with E-state index < -0.39 is 5.56 Å². The van der Waals surface area contributed by atoms with Crippen molar-refractivity contribution in [2.45, 2.75) is 6.54 Å². The number of aromatic nitrogens is 1. The second-order valence-corrected chi connectivity index (χ2v) is 8.74. The van der Waals surface area contributed by atoms with Gasteiger partial charge in [-0.1, -0.05) is 24.3 Å². The number of amides is 2. The zero-order chi connectivity index (χ0) is 22.8. The highest BCUT2D eigenvalue weighted by molar-refractivity contribution is 7.12. The average Bonchev–Trinajstić information content (AvgIpc) is 3.35. The van der Waals surface area contributed by atoms with E-state index in [1.165, 1.54) is 20.8 Å². The highest BCUT2D eigenvalue weighted by Crippen LogP contribution is 2.30. The van der Waals surface area contributed by atoms with E-state index in [0.29, 0.717) is 42.3 Å². The first kappa shape index (κ1) is 21.6. The molecule has 1 fully saturated rings. The van der Waals surface area contributed by atoms with Crippen LogP contribution in [0.2, 0.25) is 0 Å². The number of pyridine rings is 1. The van der Waals surface area contributed by atoms with E-state index in [9.17, 15) is 19.6 Å². The van der Waals surface area contributed by atoms with Gasteiger partial charge in [-0.25, -0.2) is 0 Å². The Labute approximate surface area is 189 Å². The summed E-state index contributed by atoms with van der Waals surface area (Å²) in [6.45, 7) is 1.88. The number of fused-ring (bicyclic) bond motifs is 1. The van der Waals surface area contributed by atoms with Crippen LogP contribution in [0, 0.1) is 11.3 Å². The molecule has 32 heavy (non-hydrogen) atoms. The van der Waals surface area contributed by atoms with Crippen LogP contribution in [0.1, 0.15) is 15.2 Å². The molecule has 1 saturated heterocycles. The monoisotopic (exact) mass is 449 g/mol. The fourth-order valence-electron chi connectivity index (χ4n) is 3.94. The molecular weight excluding hydrogens is 426 g/mol. The number of hydrogen-bond acceptors (Lipinski definition) is 6. The lowest BCUT2D eigenvalue weighted by Gasteiger charge is -2.37.